The second-order valence-electron chi connectivity index (χ2n) is 7.57. The Bertz CT molecular complexity index is 953. The average molecular weight is 408 g/mol. The van der Waals surface area contributed by atoms with E-state index in [1.807, 2.05) is 24.0 Å². The summed E-state index contributed by atoms with van der Waals surface area (Å²) in [5.74, 6) is 1.12. The van der Waals surface area contributed by atoms with E-state index in [0.29, 0.717) is 18.6 Å². The van der Waals surface area contributed by atoms with Gasteiger partial charge in [-0.15, -0.1) is 14.8 Å². The van der Waals surface area contributed by atoms with E-state index in [-0.39, 0.29) is 29.4 Å². The molecule has 2 aliphatic rings. The molecule has 4 rings (SSSR count). The predicted molar refractivity (Wildman–Crippen MR) is 103 cm³/mol. The van der Waals surface area contributed by atoms with Gasteiger partial charge in [0.1, 0.15) is 0 Å². The van der Waals surface area contributed by atoms with E-state index in [9.17, 15) is 13.2 Å². The minimum Gasteiger partial charge on any atom is -0.355 e. The summed E-state index contributed by atoms with van der Waals surface area (Å²) in [4.78, 5) is 17.1. The number of carbonyl (C=O) groups is 1. The van der Waals surface area contributed by atoms with Crippen LogP contribution in [0.2, 0.25) is 0 Å². The number of carbonyl (C=O) groups excluding carboxylic acids is 1. The van der Waals surface area contributed by atoms with E-state index >= 15 is 0 Å². The summed E-state index contributed by atoms with van der Waals surface area (Å²) >= 11 is 0. The number of tetrazole rings is 1. The van der Waals surface area contributed by atoms with Crippen LogP contribution in [0.3, 0.4) is 0 Å². The molecule has 2 fully saturated rings. The minimum atomic E-state index is -3.01. The van der Waals surface area contributed by atoms with Crippen LogP contribution in [-0.4, -0.2) is 81.7 Å². The second kappa shape index (κ2) is 7.61. The van der Waals surface area contributed by atoms with E-state index in [1.54, 1.807) is 0 Å². The van der Waals surface area contributed by atoms with Gasteiger partial charge in [-0.2, -0.15) is 0 Å². The number of nitrogens with zero attached hydrogens (tertiary/aromatic N) is 7. The third-order valence-electron chi connectivity index (χ3n) is 5.62. The fourth-order valence-corrected chi connectivity index (χ4v) is 5.86. The molecular weight excluding hydrogens is 382 g/mol. The van der Waals surface area contributed by atoms with E-state index in [4.69, 9.17) is 0 Å². The third-order valence-corrected chi connectivity index (χ3v) is 7.37. The zero-order valence-electron chi connectivity index (χ0n) is 15.9. The van der Waals surface area contributed by atoms with Gasteiger partial charge in [-0.1, -0.05) is 6.92 Å². The number of hydrogen-bond acceptors (Lipinski definition) is 8. The van der Waals surface area contributed by atoms with Crippen LogP contribution < -0.4 is 4.90 Å². The smallest absolute Gasteiger partial charge is 0.226 e. The highest BCUT2D eigenvalue weighted by Crippen LogP contribution is 2.26. The fraction of sp³-hybridized carbons (Fsp3) is 0.706. The number of hydrogen-bond donors (Lipinski definition) is 0. The molecule has 10 nitrogen and oxygen atoms in total. The van der Waals surface area contributed by atoms with E-state index in [1.165, 1.54) is 4.63 Å². The van der Waals surface area contributed by atoms with Crippen LogP contribution in [0, 0.1) is 5.92 Å². The Kier molecular flexibility index (Phi) is 5.17. The Labute approximate surface area is 163 Å². The Morgan fingerprint density at radius 2 is 2.04 bits per heavy atom. The fourth-order valence-electron chi connectivity index (χ4n) is 4.13. The van der Waals surface area contributed by atoms with Crippen molar-refractivity contribution in [1.82, 2.24) is 30.2 Å². The zero-order chi connectivity index (χ0) is 19.7. The number of piperidine rings is 1. The van der Waals surface area contributed by atoms with Gasteiger partial charge in [0.25, 0.3) is 0 Å². The summed E-state index contributed by atoms with van der Waals surface area (Å²) < 4.78 is 25.1. The maximum absolute atomic E-state index is 13.1. The molecule has 11 heteroatoms. The Morgan fingerprint density at radius 1 is 1.25 bits per heavy atom. The minimum absolute atomic E-state index is 0.0668. The summed E-state index contributed by atoms with van der Waals surface area (Å²) in [6, 6.07) is 3.54. The molecule has 152 valence electrons. The lowest BCUT2D eigenvalue weighted by Crippen LogP contribution is -2.47. The Hall–Kier alpha value is -2.30. The van der Waals surface area contributed by atoms with Crippen LogP contribution in [-0.2, 0) is 14.6 Å². The molecule has 1 amide bonds. The molecule has 2 saturated heterocycles. The lowest BCUT2D eigenvalue weighted by atomic mass is 9.94. The molecule has 0 aliphatic carbocycles. The molecular formula is C17H25N7O3S. The molecule has 0 spiro atoms. The summed E-state index contributed by atoms with van der Waals surface area (Å²) in [6.07, 6.45) is 2.85. The van der Waals surface area contributed by atoms with Gasteiger partial charge in [0.2, 0.25) is 5.91 Å². The molecule has 2 aromatic heterocycles. The summed E-state index contributed by atoms with van der Waals surface area (Å²) in [5.41, 5.74) is 0.593. The van der Waals surface area contributed by atoms with E-state index in [0.717, 1.165) is 38.2 Å². The maximum atomic E-state index is 13.1. The predicted octanol–water partition coefficient (Wildman–Crippen LogP) is 0.161. The third kappa shape index (κ3) is 3.80. The van der Waals surface area contributed by atoms with E-state index in [2.05, 4.69) is 25.5 Å². The van der Waals surface area contributed by atoms with Crippen LogP contribution in [0.4, 0.5) is 5.82 Å². The van der Waals surface area contributed by atoms with Crippen molar-refractivity contribution in [3.63, 3.8) is 0 Å². The number of aromatic nitrogens is 5. The highest BCUT2D eigenvalue weighted by Gasteiger charge is 2.37. The molecule has 1 atom stereocenters. The van der Waals surface area contributed by atoms with Crippen molar-refractivity contribution in [3.8, 4) is 0 Å². The first-order valence-corrected chi connectivity index (χ1v) is 11.6. The quantitative estimate of drug-likeness (QED) is 0.689. The normalized spacial score (nSPS) is 22.6. The molecule has 4 heterocycles. The van der Waals surface area contributed by atoms with Crippen LogP contribution in [0.5, 0.6) is 0 Å². The van der Waals surface area contributed by atoms with Gasteiger partial charge >= 0.3 is 0 Å². The highest BCUT2D eigenvalue weighted by atomic mass is 32.2. The lowest BCUT2D eigenvalue weighted by molar-refractivity contribution is -0.138. The molecule has 2 aliphatic heterocycles. The van der Waals surface area contributed by atoms with Crippen molar-refractivity contribution >= 4 is 27.2 Å². The monoisotopic (exact) mass is 407 g/mol. The Morgan fingerprint density at radius 3 is 2.71 bits per heavy atom. The molecule has 0 radical (unpaired) electrons. The summed E-state index contributed by atoms with van der Waals surface area (Å²) in [6.45, 7) is 4.09. The average Bonchev–Trinajstić information content (AvgIpc) is 3.31. The number of fused-ring (bicyclic) bond motifs is 1. The van der Waals surface area contributed by atoms with Crippen molar-refractivity contribution in [3.05, 3.63) is 12.1 Å². The van der Waals surface area contributed by atoms with Crippen LogP contribution in [0.25, 0.3) is 5.65 Å². The highest BCUT2D eigenvalue weighted by molar-refractivity contribution is 7.91. The van der Waals surface area contributed by atoms with Crippen LogP contribution >= 0.6 is 0 Å². The zero-order valence-corrected chi connectivity index (χ0v) is 16.8. The lowest BCUT2D eigenvalue weighted by Gasteiger charge is -2.36. The maximum Gasteiger partial charge on any atom is 0.226 e. The standard InChI is InChI=1S/C17H25N7O3S/c1-2-8-23(14-7-11-28(26,27)12-14)17(25)13-5-9-22(10-6-13)16-4-3-15-18-20-21-24(15)19-16/h3-4,13-14H,2,5-12H2,1H3/t14-/m0/s1. The van der Waals surface area contributed by atoms with Gasteiger partial charge in [-0.3, -0.25) is 4.79 Å². The van der Waals surface area contributed by atoms with Crippen molar-refractivity contribution in [2.75, 3.05) is 36.0 Å². The van der Waals surface area contributed by atoms with Gasteiger partial charge in [0.05, 0.1) is 11.5 Å². The number of anilines is 1. The first kappa shape index (κ1) is 19.0. The molecule has 2 aromatic rings. The van der Waals surface area contributed by atoms with Gasteiger partial charge in [-0.25, -0.2) is 8.42 Å². The SMILES string of the molecule is CCCN(C(=O)C1CCN(c2ccc3nnnn3n2)CC1)[C@H]1CCS(=O)(=O)C1. The number of amides is 1. The molecule has 0 saturated carbocycles. The van der Waals surface area contributed by atoms with Crippen molar-refractivity contribution in [2.24, 2.45) is 5.92 Å². The van der Waals surface area contributed by atoms with Crippen molar-refractivity contribution in [1.29, 1.82) is 0 Å². The van der Waals surface area contributed by atoms with Crippen molar-refractivity contribution < 1.29 is 13.2 Å². The summed E-state index contributed by atoms with van der Waals surface area (Å²) in [5, 5.41) is 15.7. The van der Waals surface area contributed by atoms with Crippen LogP contribution in [0.15, 0.2) is 12.1 Å². The van der Waals surface area contributed by atoms with Gasteiger partial charge in [-0.05, 0) is 48.2 Å². The summed E-state index contributed by atoms with van der Waals surface area (Å²) in [7, 11) is -3.01. The number of sulfone groups is 1. The van der Waals surface area contributed by atoms with Gasteiger partial charge in [0.15, 0.2) is 21.3 Å². The largest absolute Gasteiger partial charge is 0.355 e. The topological polar surface area (TPSA) is 114 Å². The van der Waals surface area contributed by atoms with Crippen LogP contribution in [0.1, 0.15) is 32.6 Å². The first-order chi connectivity index (χ1) is 13.5. The molecule has 0 unspecified atom stereocenters. The second-order valence-corrected chi connectivity index (χ2v) is 9.80. The van der Waals surface area contributed by atoms with Gasteiger partial charge < -0.3 is 9.80 Å². The molecule has 28 heavy (non-hydrogen) atoms. The Balaban J connectivity index is 1.40. The van der Waals surface area contributed by atoms with E-state index < -0.39 is 9.84 Å². The first-order valence-electron chi connectivity index (χ1n) is 9.78. The van der Waals surface area contributed by atoms with Crippen molar-refractivity contribution in [2.45, 2.75) is 38.6 Å². The van der Waals surface area contributed by atoms with Gasteiger partial charge in [0, 0.05) is 31.6 Å². The molecule has 0 N–H and O–H groups in total. The molecule has 0 aromatic carbocycles. The molecule has 0 bridgehead atoms. The number of rotatable bonds is 5.